The number of nitrogens with one attached hydrogen (secondary N) is 1. The van der Waals surface area contributed by atoms with Crippen LogP contribution in [-0.2, 0) is 4.74 Å². The van der Waals surface area contributed by atoms with Crippen LogP contribution < -0.4 is 5.32 Å². The fourth-order valence-electron chi connectivity index (χ4n) is 2.29. The van der Waals surface area contributed by atoms with Gasteiger partial charge in [-0.05, 0) is 38.8 Å². The normalized spacial score (nSPS) is 24.6. The van der Waals surface area contributed by atoms with Crippen LogP contribution in [0.5, 0.6) is 0 Å². The van der Waals surface area contributed by atoms with Crippen molar-refractivity contribution < 1.29 is 4.74 Å². The topological polar surface area (TPSA) is 24.5 Å². The SMILES string of the molecule is CCCNC(C)CN1CCC(COC)C1. The molecule has 1 rings (SSSR count). The fourth-order valence-corrected chi connectivity index (χ4v) is 2.29. The Hall–Kier alpha value is -0.120. The maximum atomic E-state index is 5.20. The van der Waals surface area contributed by atoms with Gasteiger partial charge in [0.1, 0.15) is 0 Å². The second kappa shape index (κ2) is 7.20. The number of rotatable bonds is 7. The Labute approximate surface area is 94.2 Å². The van der Waals surface area contributed by atoms with Crippen molar-refractivity contribution in [3.8, 4) is 0 Å². The lowest BCUT2D eigenvalue weighted by Gasteiger charge is -2.21. The average molecular weight is 214 g/mol. The zero-order valence-corrected chi connectivity index (χ0v) is 10.5. The molecular formula is C12H26N2O. The Bertz CT molecular complexity index is 164. The molecule has 90 valence electrons. The summed E-state index contributed by atoms with van der Waals surface area (Å²) in [7, 11) is 1.80. The third-order valence-corrected chi connectivity index (χ3v) is 3.05. The van der Waals surface area contributed by atoms with Crippen LogP contribution in [0, 0.1) is 5.92 Å². The van der Waals surface area contributed by atoms with Crippen LogP contribution in [0.1, 0.15) is 26.7 Å². The monoisotopic (exact) mass is 214 g/mol. The Balaban J connectivity index is 2.12. The smallest absolute Gasteiger partial charge is 0.0503 e. The highest BCUT2D eigenvalue weighted by molar-refractivity contribution is 4.78. The van der Waals surface area contributed by atoms with E-state index in [1.54, 1.807) is 7.11 Å². The molecule has 2 atom stereocenters. The van der Waals surface area contributed by atoms with Crippen molar-refractivity contribution in [3.63, 3.8) is 0 Å². The van der Waals surface area contributed by atoms with E-state index in [1.807, 2.05) is 0 Å². The third-order valence-electron chi connectivity index (χ3n) is 3.05. The zero-order valence-electron chi connectivity index (χ0n) is 10.5. The quantitative estimate of drug-likeness (QED) is 0.692. The average Bonchev–Trinajstić information content (AvgIpc) is 2.63. The molecule has 0 saturated carbocycles. The Morgan fingerprint density at radius 3 is 3.00 bits per heavy atom. The third kappa shape index (κ3) is 4.96. The van der Waals surface area contributed by atoms with Crippen LogP contribution in [0.2, 0.25) is 0 Å². The molecule has 1 heterocycles. The molecule has 1 saturated heterocycles. The first-order chi connectivity index (χ1) is 7.26. The first-order valence-electron chi connectivity index (χ1n) is 6.21. The standard InChI is InChI=1S/C12H26N2O/c1-4-6-13-11(2)8-14-7-5-12(9-14)10-15-3/h11-13H,4-10H2,1-3H3. The van der Waals surface area contributed by atoms with Crippen LogP contribution in [-0.4, -0.2) is 50.8 Å². The molecule has 0 bridgehead atoms. The van der Waals surface area contributed by atoms with Crippen molar-refractivity contribution in [2.24, 2.45) is 5.92 Å². The molecule has 0 aromatic heterocycles. The van der Waals surface area contributed by atoms with Gasteiger partial charge in [-0.3, -0.25) is 0 Å². The highest BCUT2D eigenvalue weighted by Gasteiger charge is 2.22. The maximum Gasteiger partial charge on any atom is 0.0503 e. The van der Waals surface area contributed by atoms with Crippen molar-refractivity contribution in [2.45, 2.75) is 32.7 Å². The summed E-state index contributed by atoms with van der Waals surface area (Å²) in [5, 5.41) is 3.53. The molecule has 1 fully saturated rings. The molecule has 0 amide bonds. The molecule has 0 radical (unpaired) electrons. The molecule has 15 heavy (non-hydrogen) atoms. The molecule has 0 aromatic rings. The van der Waals surface area contributed by atoms with Crippen LogP contribution >= 0.6 is 0 Å². The summed E-state index contributed by atoms with van der Waals surface area (Å²) < 4.78 is 5.20. The summed E-state index contributed by atoms with van der Waals surface area (Å²) in [5.74, 6) is 0.758. The largest absolute Gasteiger partial charge is 0.384 e. The van der Waals surface area contributed by atoms with Gasteiger partial charge in [-0.15, -0.1) is 0 Å². The minimum absolute atomic E-state index is 0.617. The van der Waals surface area contributed by atoms with E-state index in [9.17, 15) is 0 Å². The Kier molecular flexibility index (Phi) is 6.22. The summed E-state index contributed by atoms with van der Waals surface area (Å²) in [6.45, 7) is 10.2. The van der Waals surface area contributed by atoms with Gasteiger partial charge >= 0.3 is 0 Å². The van der Waals surface area contributed by atoms with Gasteiger partial charge in [0.05, 0.1) is 6.61 Å². The second-order valence-electron chi connectivity index (χ2n) is 4.72. The number of hydrogen-bond acceptors (Lipinski definition) is 3. The lowest BCUT2D eigenvalue weighted by molar-refractivity contribution is 0.152. The predicted octanol–water partition coefficient (Wildman–Crippen LogP) is 1.34. The van der Waals surface area contributed by atoms with E-state index < -0.39 is 0 Å². The van der Waals surface area contributed by atoms with E-state index >= 15 is 0 Å². The predicted molar refractivity (Wildman–Crippen MR) is 64.2 cm³/mol. The molecular weight excluding hydrogens is 188 g/mol. The van der Waals surface area contributed by atoms with Gasteiger partial charge in [0.2, 0.25) is 0 Å². The van der Waals surface area contributed by atoms with Crippen molar-refractivity contribution in [2.75, 3.05) is 39.9 Å². The molecule has 2 unspecified atom stereocenters. The highest BCUT2D eigenvalue weighted by atomic mass is 16.5. The number of ether oxygens (including phenoxy) is 1. The van der Waals surface area contributed by atoms with Gasteiger partial charge in [0.25, 0.3) is 0 Å². The van der Waals surface area contributed by atoms with Crippen molar-refractivity contribution in [1.29, 1.82) is 0 Å². The summed E-state index contributed by atoms with van der Waals surface area (Å²) in [5.41, 5.74) is 0. The molecule has 1 N–H and O–H groups in total. The molecule has 3 heteroatoms. The van der Waals surface area contributed by atoms with Gasteiger partial charge in [0.15, 0.2) is 0 Å². The Morgan fingerprint density at radius 2 is 2.33 bits per heavy atom. The summed E-state index contributed by atoms with van der Waals surface area (Å²) in [6, 6.07) is 0.617. The van der Waals surface area contributed by atoms with Crippen molar-refractivity contribution in [1.82, 2.24) is 10.2 Å². The first-order valence-corrected chi connectivity index (χ1v) is 6.21. The minimum Gasteiger partial charge on any atom is -0.384 e. The van der Waals surface area contributed by atoms with Crippen molar-refractivity contribution in [3.05, 3.63) is 0 Å². The molecule has 1 aliphatic rings. The molecule has 1 aliphatic heterocycles. The van der Waals surface area contributed by atoms with Gasteiger partial charge in [-0.1, -0.05) is 6.92 Å². The van der Waals surface area contributed by atoms with E-state index in [-0.39, 0.29) is 0 Å². The lowest BCUT2D eigenvalue weighted by Crippen LogP contribution is -2.38. The van der Waals surface area contributed by atoms with Crippen LogP contribution in [0.15, 0.2) is 0 Å². The molecule has 0 aromatic carbocycles. The van der Waals surface area contributed by atoms with Crippen LogP contribution in [0.3, 0.4) is 0 Å². The van der Waals surface area contributed by atoms with Gasteiger partial charge in [-0.2, -0.15) is 0 Å². The lowest BCUT2D eigenvalue weighted by atomic mass is 10.1. The maximum absolute atomic E-state index is 5.20. The second-order valence-corrected chi connectivity index (χ2v) is 4.72. The minimum atomic E-state index is 0.617. The van der Waals surface area contributed by atoms with Gasteiger partial charge in [0, 0.05) is 26.2 Å². The number of likely N-dealkylation sites (tertiary alicyclic amines) is 1. The first kappa shape index (κ1) is 12.9. The van der Waals surface area contributed by atoms with E-state index in [2.05, 4.69) is 24.1 Å². The summed E-state index contributed by atoms with van der Waals surface area (Å²) >= 11 is 0. The number of nitrogens with zero attached hydrogens (tertiary/aromatic N) is 1. The van der Waals surface area contributed by atoms with E-state index in [0.29, 0.717) is 6.04 Å². The highest BCUT2D eigenvalue weighted by Crippen LogP contribution is 2.16. The van der Waals surface area contributed by atoms with Gasteiger partial charge < -0.3 is 15.0 Å². The van der Waals surface area contributed by atoms with E-state index in [1.165, 1.54) is 32.5 Å². The summed E-state index contributed by atoms with van der Waals surface area (Å²) in [4.78, 5) is 2.55. The molecule has 0 spiro atoms. The molecule has 3 nitrogen and oxygen atoms in total. The number of hydrogen-bond donors (Lipinski definition) is 1. The van der Waals surface area contributed by atoms with E-state index in [0.717, 1.165) is 19.1 Å². The molecule has 0 aliphatic carbocycles. The van der Waals surface area contributed by atoms with E-state index in [4.69, 9.17) is 4.74 Å². The summed E-state index contributed by atoms with van der Waals surface area (Å²) in [6.07, 6.45) is 2.52. The van der Waals surface area contributed by atoms with Crippen molar-refractivity contribution >= 4 is 0 Å². The number of methoxy groups -OCH3 is 1. The van der Waals surface area contributed by atoms with Crippen LogP contribution in [0.4, 0.5) is 0 Å². The fraction of sp³-hybridized carbons (Fsp3) is 1.00. The Morgan fingerprint density at radius 1 is 1.53 bits per heavy atom. The van der Waals surface area contributed by atoms with Crippen LogP contribution in [0.25, 0.3) is 0 Å². The van der Waals surface area contributed by atoms with Gasteiger partial charge in [-0.25, -0.2) is 0 Å². The zero-order chi connectivity index (χ0) is 11.1.